The molecule has 0 fully saturated rings. The number of hydrogen-bond donors (Lipinski definition) is 3. The molecular formula is C2H5CuN3O2+2. The van der Waals surface area contributed by atoms with Crippen LogP contribution in [0.15, 0.2) is 0 Å². The maximum atomic E-state index is 9.62. The number of nitrogens with one attached hydrogen (secondary N) is 1. The van der Waals surface area contributed by atoms with E-state index >= 15 is 0 Å². The summed E-state index contributed by atoms with van der Waals surface area (Å²) in [5, 5.41) is 1.58. The summed E-state index contributed by atoms with van der Waals surface area (Å²) < 4.78 is 0. The van der Waals surface area contributed by atoms with E-state index in [1.165, 1.54) is 0 Å². The summed E-state index contributed by atoms with van der Waals surface area (Å²) >= 11 is 0. The second-order valence-corrected chi connectivity index (χ2v) is 0.854. The summed E-state index contributed by atoms with van der Waals surface area (Å²) in [6, 6.07) is -1.88. The average molecular weight is 167 g/mol. The molecule has 0 saturated carbocycles. The second kappa shape index (κ2) is 4.42. The molecule has 5 N–H and O–H groups in total. The van der Waals surface area contributed by atoms with Gasteiger partial charge in [-0.05, 0) is 0 Å². The Morgan fingerprint density at radius 1 is 1.12 bits per heavy atom. The Kier molecular flexibility index (Phi) is 5.68. The van der Waals surface area contributed by atoms with Gasteiger partial charge in [-0.15, -0.1) is 0 Å². The van der Waals surface area contributed by atoms with Gasteiger partial charge in [-0.25, -0.2) is 9.59 Å². The van der Waals surface area contributed by atoms with E-state index in [1.54, 1.807) is 5.32 Å². The zero-order valence-corrected chi connectivity index (χ0v) is 4.71. The van der Waals surface area contributed by atoms with Crippen LogP contribution >= 0.6 is 0 Å². The largest absolute Gasteiger partial charge is 2.00 e. The summed E-state index contributed by atoms with van der Waals surface area (Å²) in [4.78, 5) is 19.2. The number of rotatable bonds is 0. The molecule has 0 aromatic carbocycles. The van der Waals surface area contributed by atoms with Gasteiger partial charge in [0.2, 0.25) is 0 Å². The van der Waals surface area contributed by atoms with Gasteiger partial charge in [0, 0.05) is 0 Å². The van der Waals surface area contributed by atoms with Crippen molar-refractivity contribution in [2.24, 2.45) is 11.5 Å². The molecule has 0 atom stereocenters. The van der Waals surface area contributed by atoms with Crippen LogP contribution in [0.5, 0.6) is 0 Å². The van der Waals surface area contributed by atoms with Crippen LogP contribution in [0.1, 0.15) is 0 Å². The Balaban J connectivity index is 0. The van der Waals surface area contributed by atoms with Crippen molar-refractivity contribution in [1.82, 2.24) is 5.32 Å². The van der Waals surface area contributed by atoms with Crippen molar-refractivity contribution >= 4 is 12.1 Å². The van der Waals surface area contributed by atoms with Crippen molar-refractivity contribution in [3.05, 3.63) is 0 Å². The number of primary amides is 2. The number of imide groups is 1. The molecule has 4 amide bonds. The minimum absolute atomic E-state index is 0. The number of hydrogen-bond acceptors (Lipinski definition) is 2. The molecule has 0 aliphatic rings. The molecule has 0 aromatic rings. The third-order valence-corrected chi connectivity index (χ3v) is 0.246. The molecule has 49 valence electrons. The van der Waals surface area contributed by atoms with Crippen molar-refractivity contribution in [2.75, 3.05) is 0 Å². The van der Waals surface area contributed by atoms with Crippen LogP contribution in [-0.2, 0) is 17.1 Å². The first-order valence-electron chi connectivity index (χ1n) is 1.49. The number of carbonyl (C=O) groups is 2. The van der Waals surface area contributed by atoms with Crippen molar-refractivity contribution in [2.45, 2.75) is 0 Å². The van der Waals surface area contributed by atoms with Gasteiger partial charge in [-0.3, -0.25) is 5.32 Å². The molecule has 1 radical (unpaired) electrons. The molecule has 0 spiro atoms. The quantitative estimate of drug-likeness (QED) is 0.391. The van der Waals surface area contributed by atoms with E-state index in [-0.39, 0.29) is 17.1 Å². The molecule has 0 rings (SSSR count). The molecule has 0 saturated heterocycles. The summed E-state index contributed by atoms with van der Waals surface area (Å²) in [6.45, 7) is 0. The van der Waals surface area contributed by atoms with E-state index in [9.17, 15) is 9.59 Å². The van der Waals surface area contributed by atoms with Gasteiger partial charge < -0.3 is 11.5 Å². The molecule has 0 aliphatic carbocycles. The predicted octanol–water partition coefficient (Wildman–Crippen LogP) is -1.27. The summed E-state index contributed by atoms with van der Waals surface area (Å²) in [6.07, 6.45) is 0. The molecule has 0 aromatic heterocycles. The average Bonchev–Trinajstić information content (AvgIpc) is 1.27. The van der Waals surface area contributed by atoms with E-state index in [4.69, 9.17) is 0 Å². The molecule has 0 heterocycles. The Morgan fingerprint density at radius 2 is 1.38 bits per heavy atom. The van der Waals surface area contributed by atoms with Crippen LogP contribution in [0, 0.1) is 0 Å². The number of urea groups is 2. The van der Waals surface area contributed by atoms with Gasteiger partial charge in [-0.2, -0.15) is 0 Å². The third kappa shape index (κ3) is 8.98. The van der Waals surface area contributed by atoms with Crippen LogP contribution in [-0.4, -0.2) is 12.1 Å². The molecular weight excluding hydrogens is 162 g/mol. The predicted molar refractivity (Wildman–Crippen MR) is 22.3 cm³/mol. The number of nitrogens with two attached hydrogens (primary N) is 2. The summed E-state index contributed by atoms with van der Waals surface area (Å²) in [5.41, 5.74) is 8.88. The molecule has 0 bridgehead atoms. The summed E-state index contributed by atoms with van der Waals surface area (Å²) in [5.74, 6) is 0. The van der Waals surface area contributed by atoms with E-state index in [1.807, 2.05) is 0 Å². The molecule has 0 unspecified atom stereocenters. The van der Waals surface area contributed by atoms with Gasteiger partial charge in [-0.1, -0.05) is 0 Å². The number of carbonyl (C=O) groups excluding carboxylic acids is 2. The van der Waals surface area contributed by atoms with Gasteiger partial charge in [0.1, 0.15) is 0 Å². The smallest absolute Gasteiger partial charge is 0.351 e. The molecule has 5 nitrogen and oxygen atoms in total. The summed E-state index contributed by atoms with van der Waals surface area (Å²) in [7, 11) is 0. The van der Waals surface area contributed by atoms with E-state index in [0.29, 0.717) is 0 Å². The Bertz CT molecular complexity index is 91.5. The Labute approximate surface area is 56.3 Å². The minimum Gasteiger partial charge on any atom is -0.351 e. The first-order chi connectivity index (χ1) is 3.13. The second-order valence-electron chi connectivity index (χ2n) is 0.854. The minimum atomic E-state index is -0.938. The SMILES string of the molecule is NC(=O)NC(N)=O.[Cu+2]. The maximum Gasteiger partial charge on any atom is 2.00 e. The van der Waals surface area contributed by atoms with Crippen molar-refractivity contribution < 1.29 is 26.7 Å². The van der Waals surface area contributed by atoms with Gasteiger partial charge in [0.05, 0.1) is 0 Å². The first kappa shape index (κ1) is 10.3. The molecule has 0 aliphatic heterocycles. The monoisotopic (exact) mass is 166 g/mol. The normalized spacial score (nSPS) is 6.50. The van der Waals surface area contributed by atoms with Gasteiger partial charge >= 0.3 is 29.1 Å². The topological polar surface area (TPSA) is 98.2 Å². The fraction of sp³-hybridized carbons (Fsp3) is 0. The standard InChI is InChI=1S/C2H5N3O2.Cu/c3-1(6)5-2(4)7;/h(H5,3,4,5,6,7);/q;+2. The maximum absolute atomic E-state index is 9.62. The van der Waals surface area contributed by atoms with Crippen molar-refractivity contribution in [1.29, 1.82) is 0 Å². The van der Waals surface area contributed by atoms with Crippen LogP contribution < -0.4 is 16.8 Å². The van der Waals surface area contributed by atoms with Gasteiger partial charge in [0.15, 0.2) is 0 Å². The van der Waals surface area contributed by atoms with E-state index in [0.717, 1.165) is 0 Å². The van der Waals surface area contributed by atoms with Crippen molar-refractivity contribution in [3.8, 4) is 0 Å². The zero-order chi connectivity index (χ0) is 5.86. The van der Waals surface area contributed by atoms with E-state index < -0.39 is 12.1 Å². The molecule has 6 heteroatoms. The fourth-order valence-electron chi connectivity index (χ4n) is 0.121. The van der Waals surface area contributed by atoms with Crippen LogP contribution in [0.3, 0.4) is 0 Å². The van der Waals surface area contributed by atoms with Gasteiger partial charge in [0.25, 0.3) is 0 Å². The van der Waals surface area contributed by atoms with E-state index in [2.05, 4.69) is 11.5 Å². The van der Waals surface area contributed by atoms with Crippen LogP contribution in [0.2, 0.25) is 0 Å². The number of amides is 4. The van der Waals surface area contributed by atoms with Crippen LogP contribution in [0.4, 0.5) is 9.59 Å². The Hall–Kier alpha value is -0.741. The zero-order valence-electron chi connectivity index (χ0n) is 3.77. The van der Waals surface area contributed by atoms with Crippen LogP contribution in [0.25, 0.3) is 0 Å². The molecule has 8 heavy (non-hydrogen) atoms. The first-order valence-corrected chi connectivity index (χ1v) is 1.49. The van der Waals surface area contributed by atoms with Crippen molar-refractivity contribution in [3.63, 3.8) is 0 Å². The third-order valence-electron chi connectivity index (χ3n) is 0.246. The Morgan fingerprint density at radius 3 is 1.38 bits per heavy atom. The fourth-order valence-corrected chi connectivity index (χ4v) is 0.121.